The SMILES string of the molecule is COc1cccc(/C=C2\N=C(c3cccc([N+](=O)[O-])c3)OC2=O)c1OC. The maximum Gasteiger partial charge on any atom is 0.363 e. The Bertz CT molecular complexity index is 948. The molecule has 0 amide bonds. The summed E-state index contributed by atoms with van der Waals surface area (Å²) in [4.78, 5) is 26.6. The lowest BCUT2D eigenvalue weighted by molar-refractivity contribution is -0.384. The minimum atomic E-state index is -0.656. The van der Waals surface area contributed by atoms with Gasteiger partial charge in [-0.1, -0.05) is 18.2 Å². The number of carbonyl (C=O) groups excluding carboxylic acids is 1. The van der Waals surface area contributed by atoms with Crippen molar-refractivity contribution in [3.63, 3.8) is 0 Å². The third-order valence-corrected chi connectivity index (χ3v) is 3.65. The van der Waals surface area contributed by atoms with Gasteiger partial charge in [0.05, 0.1) is 19.1 Å². The van der Waals surface area contributed by atoms with Gasteiger partial charge in [0.2, 0.25) is 5.90 Å². The van der Waals surface area contributed by atoms with Gasteiger partial charge in [0, 0.05) is 23.3 Å². The van der Waals surface area contributed by atoms with E-state index in [2.05, 4.69) is 4.99 Å². The van der Waals surface area contributed by atoms with Crippen LogP contribution in [0, 0.1) is 10.1 Å². The number of methoxy groups -OCH3 is 2. The molecule has 1 heterocycles. The van der Waals surface area contributed by atoms with Gasteiger partial charge in [0.25, 0.3) is 5.69 Å². The molecule has 8 nitrogen and oxygen atoms in total. The Balaban J connectivity index is 2.00. The zero-order valence-electron chi connectivity index (χ0n) is 14.0. The number of nitro benzene ring substituents is 1. The third kappa shape index (κ3) is 3.25. The first kappa shape index (κ1) is 17.2. The van der Waals surface area contributed by atoms with Crippen LogP contribution in [0.1, 0.15) is 11.1 Å². The molecule has 0 unspecified atom stereocenters. The molecule has 0 radical (unpaired) electrons. The number of rotatable bonds is 5. The molecule has 0 saturated heterocycles. The smallest absolute Gasteiger partial charge is 0.363 e. The summed E-state index contributed by atoms with van der Waals surface area (Å²) in [5.41, 5.74) is 0.864. The summed E-state index contributed by atoms with van der Waals surface area (Å²) in [6.45, 7) is 0. The first-order valence-electron chi connectivity index (χ1n) is 7.52. The van der Waals surface area contributed by atoms with Gasteiger partial charge in [-0.15, -0.1) is 0 Å². The van der Waals surface area contributed by atoms with E-state index in [-0.39, 0.29) is 17.3 Å². The van der Waals surface area contributed by atoms with Crippen LogP contribution in [0.5, 0.6) is 11.5 Å². The molecule has 0 spiro atoms. The monoisotopic (exact) mass is 354 g/mol. The third-order valence-electron chi connectivity index (χ3n) is 3.65. The van der Waals surface area contributed by atoms with Gasteiger partial charge in [-0.3, -0.25) is 10.1 Å². The van der Waals surface area contributed by atoms with Crippen LogP contribution in [0.4, 0.5) is 5.69 Å². The van der Waals surface area contributed by atoms with E-state index in [0.717, 1.165) is 0 Å². The van der Waals surface area contributed by atoms with Crippen molar-refractivity contribution in [3.8, 4) is 11.5 Å². The molecule has 1 aliphatic rings. The van der Waals surface area contributed by atoms with Gasteiger partial charge >= 0.3 is 5.97 Å². The van der Waals surface area contributed by atoms with E-state index in [9.17, 15) is 14.9 Å². The van der Waals surface area contributed by atoms with Crippen molar-refractivity contribution in [1.29, 1.82) is 0 Å². The molecule has 0 aliphatic carbocycles. The minimum absolute atomic E-state index is 0.00631. The molecule has 132 valence electrons. The van der Waals surface area contributed by atoms with Crippen molar-refractivity contribution in [3.05, 3.63) is 69.4 Å². The Morgan fingerprint density at radius 1 is 1.15 bits per heavy atom. The van der Waals surface area contributed by atoms with E-state index in [4.69, 9.17) is 14.2 Å². The molecule has 2 aromatic rings. The number of carbonyl (C=O) groups is 1. The second-order valence-electron chi connectivity index (χ2n) is 5.23. The number of nitro groups is 1. The number of aliphatic imine (C=N–C) groups is 1. The second kappa shape index (κ2) is 7.06. The van der Waals surface area contributed by atoms with Crippen LogP contribution in [-0.4, -0.2) is 31.0 Å². The minimum Gasteiger partial charge on any atom is -0.493 e. The van der Waals surface area contributed by atoms with E-state index in [0.29, 0.717) is 22.6 Å². The fourth-order valence-corrected chi connectivity index (χ4v) is 2.46. The average Bonchev–Trinajstić information content (AvgIpc) is 3.02. The van der Waals surface area contributed by atoms with Crippen molar-refractivity contribution < 1.29 is 23.9 Å². The highest BCUT2D eigenvalue weighted by Crippen LogP contribution is 2.33. The molecule has 0 N–H and O–H groups in total. The predicted molar refractivity (Wildman–Crippen MR) is 93.2 cm³/mol. The van der Waals surface area contributed by atoms with Crippen LogP contribution in [0.25, 0.3) is 6.08 Å². The van der Waals surface area contributed by atoms with Gasteiger partial charge in [0.15, 0.2) is 17.2 Å². The molecule has 3 rings (SSSR count). The van der Waals surface area contributed by atoms with Crippen molar-refractivity contribution in [1.82, 2.24) is 0 Å². The first-order valence-corrected chi connectivity index (χ1v) is 7.52. The number of para-hydroxylation sites is 1. The number of hydrogen-bond acceptors (Lipinski definition) is 7. The van der Waals surface area contributed by atoms with E-state index in [1.54, 1.807) is 24.3 Å². The predicted octanol–water partition coefficient (Wildman–Crippen LogP) is 2.96. The zero-order chi connectivity index (χ0) is 18.7. The summed E-state index contributed by atoms with van der Waals surface area (Å²) in [6, 6.07) is 10.9. The highest BCUT2D eigenvalue weighted by Gasteiger charge is 2.25. The fraction of sp³-hybridized carbons (Fsp3) is 0.111. The summed E-state index contributed by atoms with van der Waals surface area (Å²) >= 11 is 0. The standard InChI is InChI=1S/C18H14N2O6/c1-24-15-8-4-5-11(16(15)25-2)10-14-18(21)26-17(19-14)12-6-3-7-13(9-12)20(22)23/h3-10H,1-2H3/b14-10-. The Labute approximate surface area is 148 Å². The van der Waals surface area contributed by atoms with E-state index < -0.39 is 10.9 Å². The second-order valence-corrected chi connectivity index (χ2v) is 5.23. The molecule has 0 saturated carbocycles. The van der Waals surface area contributed by atoms with E-state index in [1.165, 1.54) is 38.5 Å². The van der Waals surface area contributed by atoms with Gasteiger partial charge in [-0.2, -0.15) is 0 Å². The topological polar surface area (TPSA) is 100 Å². The number of hydrogen-bond donors (Lipinski definition) is 0. The van der Waals surface area contributed by atoms with Gasteiger partial charge < -0.3 is 14.2 Å². The maximum absolute atomic E-state index is 12.1. The summed E-state index contributed by atoms with van der Waals surface area (Å²) < 4.78 is 15.7. The normalized spacial score (nSPS) is 14.8. The highest BCUT2D eigenvalue weighted by atomic mass is 16.6. The van der Waals surface area contributed by atoms with Crippen molar-refractivity contribution in [2.45, 2.75) is 0 Å². The lowest BCUT2D eigenvalue weighted by Crippen LogP contribution is -2.05. The van der Waals surface area contributed by atoms with E-state index >= 15 is 0 Å². The quantitative estimate of drug-likeness (QED) is 0.354. The van der Waals surface area contributed by atoms with Crippen molar-refractivity contribution >= 4 is 23.6 Å². The van der Waals surface area contributed by atoms with Crippen LogP contribution in [0.3, 0.4) is 0 Å². The Hall–Kier alpha value is -3.68. The number of non-ortho nitro benzene ring substituents is 1. The highest BCUT2D eigenvalue weighted by molar-refractivity contribution is 6.13. The summed E-state index contributed by atoms with van der Waals surface area (Å²) in [6.07, 6.45) is 1.51. The van der Waals surface area contributed by atoms with E-state index in [1.807, 2.05) is 0 Å². The molecular formula is C18H14N2O6. The summed E-state index contributed by atoms with van der Waals surface area (Å²) in [5.74, 6) is 0.314. The molecule has 8 heteroatoms. The largest absolute Gasteiger partial charge is 0.493 e. The molecule has 0 atom stereocenters. The van der Waals surface area contributed by atoms with Gasteiger partial charge in [-0.05, 0) is 18.2 Å². The fourth-order valence-electron chi connectivity index (χ4n) is 2.46. The summed E-state index contributed by atoms with van der Waals surface area (Å²) in [5, 5.41) is 10.9. The van der Waals surface area contributed by atoms with Crippen LogP contribution < -0.4 is 9.47 Å². The Morgan fingerprint density at radius 2 is 1.92 bits per heavy atom. The Morgan fingerprint density at radius 3 is 2.62 bits per heavy atom. The average molecular weight is 354 g/mol. The lowest BCUT2D eigenvalue weighted by atomic mass is 10.1. The molecule has 26 heavy (non-hydrogen) atoms. The van der Waals surface area contributed by atoms with Crippen LogP contribution in [-0.2, 0) is 9.53 Å². The number of nitrogens with zero attached hydrogens (tertiary/aromatic N) is 2. The molecule has 1 aliphatic heterocycles. The van der Waals surface area contributed by atoms with Gasteiger partial charge in [-0.25, -0.2) is 9.79 Å². The van der Waals surface area contributed by atoms with Crippen LogP contribution >= 0.6 is 0 Å². The number of cyclic esters (lactones) is 1. The van der Waals surface area contributed by atoms with Gasteiger partial charge in [0.1, 0.15) is 0 Å². The summed E-state index contributed by atoms with van der Waals surface area (Å²) in [7, 11) is 3.00. The molecule has 0 fully saturated rings. The zero-order valence-corrected chi connectivity index (χ0v) is 14.0. The number of ether oxygens (including phenoxy) is 3. The number of esters is 1. The Kier molecular flexibility index (Phi) is 4.66. The molecule has 0 bridgehead atoms. The van der Waals surface area contributed by atoms with Crippen LogP contribution in [0.2, 0.25) is 0 Å². The molecule has 2 aromatic carbocycles. The molecule has 0 aromatic heterocycles. The number of benzene rings is 2. The first-order chi connectivity index (χ1) is 12.5. The van der Waals surface area contributed by atoms with Crippen molar-refractivity contribution in [2.24, 2.45) is 4.99 Å². The lowest BCUT2D eigenvalue weighted by Gasteiger charge is -2.09. The van der Waals surface area contributed by atoms with Crippen LogP contribution in [0.15, 0.2) is 53.2 Å². The molecular weight excluding hydrogens is 340 g/mol. The maximum atomic E-state index is 12.1. The van der Waals surface area contributed by atoms with Crippen molar-refractivity contribution in [2.75, 3.05) is 14.2 Å².